The lowest BCUT2D eigenvalue weighted by molar-refractivity contribution is 0.00198. The Bertz CT molecular complexity index is 551. The fourth-order valence-corrected chi connectivity index (χ4v) is 2.32. The smallest absolute Gasteiger partial charge is 0.101 e. The molecule has 1 aromatic heterocycles. The first-order chi connectivity index (χ1) is 8.78. The van der Waals surface area contributed by atoms with E-state index in [9.17, 15) is 0 Å². The molecule has 4 nitrogen and oxygen atoms in total. The number of ether oxygens (including phenoxy) is 1. The summed E-state index contributed by atoms with van der Waals surface area (Å²) in [5.74, 6) is 0. The van der Waals surface area contributed by atoms with E-state index >= 15 is 0 Å². The average Bonchev–Trinajstić information content (AvgIpc) is 2.81. The molecule has 0 saturated heterocycles. The maximum absolute atomic E-state index is 9.15. The minimum atomic E-state index is -0.0443. The number of fused-ring (bicyclic) bond motifs is 1. The fourth-order valence-electron chi connectivity index (χ4n) is 2.19. The molecular weight excluding hydrogens is 252 g/mol. The number of hydrogen-bond donors (Lipinski definition) is 1. The lowest BCUT2D eigenvalue weighted by atomic mass is 10.1. The largest absolute Gasteiger partial charge is 0.390 e. The van der Waals surface area contributed by atoms with Crippen molar-refractivity contribution in [2.45, 2.75) is 25.9 Å². The number of aliphatic hydroxyl groups is 1. The summed E-state index contributed by atoms with van der Waals surface area (Å²) in [5, 5.41) is 9.87. The number of aromatic nitrogens is 2. The quantitative estimate of drug-likeness (QED) is 0.905. The van der Waals surface area contributed by atoms with Gasteiger partial charge in [0.25, 0.3) is 0 Å². The van der Waals surface area contributed by atoms with Gasteiger partial charge in [-0.2, -0.15) is 0 Å². The lowest BCUT2D eigenvalue weighted by Crippen LogP contribution is -2.21. The third-order valence-electron chi connectivity index (χ3n) is 3.21. The first kappa shape index (κ1) is 11.7. The van der Waals surface area contributed by atoms with Crippen molar-refractivity contribution in [2.24, 2.45) is 0 Å². The Balaban J connectivity index is 1.84. The van der Waals surface area contributed by atoms with Gasteiger partial charge in [0.15, 0.2) is 0 Å². The first-order valence-electron chi connectivity index (χ1n) is 5.78. The Morgan fingerprint density at radius 2 is 2.17 bits per heavy atom. The summed E-state index contributed by atoms with van der Waals surface area (Å²) < 4.78 is 7.85. The van der Waals surface area contributed by atoms with Gasteiger partial charge in [0.2, 0.25) is 0 Å². The third-order valence-corrected chi connectivity index (χ3v) is 3.46. The molecule has 94 valence electrons. The SMILES string of the molecule is OCc1ncn2c1COC(c1ccc(Cl)cc1)C2. The van der Waals surface area contributed by atoms with Gasteiger partial charge in [-0.25, -0.2) is 4.98 Å². The molecule has 0 amide bonds. The molecule has 1 aliphatic heterocycles. The van der Waals surface area contributed by atoms with Crippen molar-refractivity contribution in [2.75, 3.05) is 0 Å². The van der Waals surface area contributed by atoms with Crippen molar-refractivity contribution in [1.82, 2.24) is 9.55 Å². The minimum absolute atomic E-state index is 0.00973. The number of imidazole rings is 1. The average molecular weight is 265 g/mol. The molecule has 2 heterocycles. The lowest BCUT2D eigenvalue weighted by Gasteiger charge is -2.25. The van der Waals surface area contributed by atoms with Crippen molar-refractivity contribution in [1.29, 1.82) is 0 Å². The van der Waals surface area contributed by atoms with E-state index in [0.29, 0.717) is 18.8 Å². The predicted molar refractivity (Wildman–Crippen MR) is 67.1 cm³/mol. The van der Waals surface area contributed by atoms with E-state index in [1.54, 1.807) is 6.33 Å². The van der Waals surface area contributed by atoms with Gasteiger partial charge in [-0.15, -0.1) is 0 Å². The zero-order valence-corrected chi connectivity index (χ0v) is 10.5. The van der Waals surface area contributed by atoms with E-state index in [1.807, 2.05) is 28.8 Å². The Hall–Kier alpha value is -1.36. The Morgan fingerprint density at radius 3 is 2.89 bits per heavy atom. The molecular formula is C13H13ClN2O2. The molecule has 1 aliphatic rings. The van der Waals surface area contributed by atoms with Crippen LogP contribution in [0, 0.1) is 0 Å². The molecule has 0 radical (unpaired) electrons. The highest BCUT2D eigenvalue weighted by molar-refractivity contribution is 6.30. The van der Waals surface area contributed by atoms with Crippen LogP contribution in [0.15, 0.2) is 30.6 Å². The van der Waals surface area contributed by atoms with Crippen LogP contribution in [0.3, 0.4) is 0 Å². The summed E-state index contributed by atoms with van der Waals surface area (Å²) in [5.41, 5.74) is 2.76. The van der Waals surface area contributed by atoms with Gasteiger partial charge in [0.1, 0.15) is 6.10 Å². The summed E-state index contributed by atoms with van der Waals surface area (Å²) in [6.07, 6.45) is 1.77. The molecule has 1 aromatic carbocycles. The van der Waals surface area contributed by atoms with E-state index < -0.39 is 0 Å². The Kier molecular flexibility index (Phi) is 3.07. The van der Waals surface area contributed by atoms with Crippen LogP contribution in [-0.4, -0.2) is 14.7 Å². The zero-order valence-electron chi connectivity index (χ0n) is 9.71. The molecule has 1 unspecified atom stereocenters. The van der Waals surface area contributed by atoms with Crippen LogP contribution >= 0.6 is 11.6 Å². The van der Waals surface area contributed by atoms with Crippen LogP contribution in [0.2, 0.25) is 5.02 Å². The number of benzene rings is 1. The second-order valence-corrected chi connectivity index (χ2v) is 4.74. The van der Waals surface area contributed by atoms with Crippen LogP contribution in [0.1, 0.15) is 23.1 Å². The van der Waals surface area contributed by atoms with Crippen LogP contribution < -0.4 is 0 Å². The monoisotopic (exact) mass is 264 g/mol. The topological polar surface area (TPSA) is 47.3 Å². The second kappa shape index (κ2) is 4.72. The summed E-state index contributed by atoms with van der Waals surface area (Å²) in [6.45, 7) is 1.14. The van der Waals surface area contributed by atoms with Crippen LogP contribution in [-0.2, 0) is 24.5 Å². The summed E-state index contributed by atoms with van der Waals surface area (Å²) >= 11 is 5.87. The van der Waals surface area contributed by atoms with Gasteiger partial charge >= 0.3 is 0 Å². The van der Waals surface area contributed by atoms with E-state index in [2.05, 4.69) is 4.98 Å². The Labute approximate surface area is 110 Å². The number of rotatable bonds is 2. The molecule has 1 atom stereocenters. The van der Waals surface area contributed by atoms with Crippen molar-refractivity contribution in [3.63, 3.8) is 0 Å². The van der Waals surface area contributed by atoms with Crippen molar-refractivity contribution in [3.05, 3.63) is 52.6 Å². The van der Waals surface area contributed by atoms with Crippen molar-refractivity contribution >= 4 is 11.6 Å². The highest BCUT2D eigenvalue weighted by atomic mass is 35.5. The van der Waals surface area contributed by atoms with Gasteiger partial charge in [-0.3, -0.25) is 0 Å². The molecule has 18 heavy (non-hydrogen) atoms. The standard InChI is InChI=1S/C13H13ClN2O2/c14-10-3-1-9(2-4-10)13-5-16-8-15-11(6-17)12(16)7-18-13/h1-4,8,13,17H,5-7H2. The van der Waals surface area contributed by atoms with Gasteiger partial charge in [-0.05, 0) is 17.7 Å². The van der Waals surface area contributed by atoms with Gasteiger partial charge in [0, 0.05) is 5.02 Å². The van der Waals surface area contributed by atoms with E-state index in [4.69, 9.17) is 21.4 Å². The first-order valence-corrected chi connectivity index (χ1v) is 6.16. The maximum atomic E-state index is 9.15. The van der Waals surface area contributed by atoms with Crippen LogP contribution in [0.4, 0.5) is 0 Å². The summed E-state index contributed by atoms with van der Waals surface area (Å²) in [7, 11) is 0. The van der Waals surface area contributed by atoms with Gasteiger partial charge < -0.3 is 14.4 Å². The fraction of sp³-hybridized carbons (Fsp3) is 0.308. The molecule has 0 fully saturated rings. The predicted octanol–water partition coefficient (Wildman–Crippen LogP) is 2.30. The molecule has 0 spiro atoms. The number of hydrogen-bond acceptors (Lipinski definition) is 3. The molecule has 1 N–H and O–H groups in total. The second-order valence-electron chi connectivity index (χ2n) is 4.30. The van der Waals surface area contributed by atoms with Gasteiger partial charge in [0.05, 0.1) is 37.5 Å². The summed E-state index contributed by atoms with van der Waals surface area (Å²) in [4.78, 5) is 4.17. The number of nitrogens with zero attached hydrogens (tertiary/aromatic N) is 2. The molecule has 0 bridgehead atoms. The Morgan fingerprint density at radius 1 is 1.39 bits per heavy atom. The molecule has 0 aliphatic carbocycles. The van der Waals surface area contributed by atoms with Gasteiger partial charge in [-0.1, -0.05) is 23.7 Å². The number of halogens is 1. The summed E-state index contributed by atoms with van der Waals surface area (Å²) in [6, 6.07) is 7.68. The third kappa shape index (κ3) is 2.03. The van der Waals surface area contributed by atoms with E-state index in [-0.39, 0.29) is 12.7 Å². The molecule has 5 heteroatoms. The van der Waals surface area contributed by atoms with E-state index in [1.165, 1.54) is 0 Å². The van der Waals surface area contributed by atoms with Crippen molar-refractivity contribution in [3.8, 4) is 0 Å². The zero-order chi connectivity index (χ0) is 12.5. The van der Waals surface area contributed by atoms with Crippen LogP contribution in [0.25, 0.3) is 0 Å². The molecule has 0 saturated carbocycles. The van der Waals surface area contributed by atoms with Crippen LogP contribution in [0.5, 0.6) is 0 Å². The van der Waals surface area contributed by atoms with Crippen molar-refractivity contribution < 1.29 is 9.84 Å². The maximum Gasteiger partial charge on any atom is 0.101 e. The highest BCUT2D eigenvalue weighted by Crippen LogP contribution is 2.28. The van der Waals surface area contributed by atoms with E-state index in [0.717, 1.165) is 16.3 Å². The minimum Gasteiger partial charge on any atom is -0.390 e. The molecule has 3 rings (SSSR count). The highest BCUT2D eigenvalue weighted by Gasteiger charge is 2.22. The normalized spacial score (nSPS) is 18.7. The molecule has 2 aromatic rings. The number of aliphatic hydroxyl groups excluding tert-OH is 1.